The van der Waals surface area contributed by atoms with Gasteiger partial charge in [0.25, 0.3) is 0 Å². The molecule has 6 heteroatoms. The van der Waals surface area contributed by atoms with E-state index in [0.717, 1.165) is 40.5 Å². The summed E-state index contributed by atoms with van der Waals surface area (Å²) in [5.74, 6) is 0.105. The van der Waals surface area contributed by atoms with Gasteiger partial charge in [0.05, 0.1) is 0 Å². The molecule has 0 atom stereocenters. The fraction of sp³-hybridized carbons (Fsp3) is 0.609. The molecule has 1 radical (unpaired) electrons. The predicted molar refractivity (Wildman–Crippen MR) is 211 cm³/mol. The van der Waals surface area contributed by atoms with E-state index in [1.165, 1.54) is 0 Å². The SMILES string of the molecule is CC(C)(C)c1cc(CN(Cc2cc(C(C)(C)C)cc(C(C)(C)C)c2[O-])Cc2cc(C(C)(C)C)cc(C(C)(C)C)c2[O-])c([O-])c(C(C)(C)C)c1.CO.[V+4]. The van der Waals surface area contributed by atoms with Gasteiger partial charge in [-0.1, -0.05) is 161 Å². The van der Waals surface area contributed by atoms with Crippen LogP contribution in [0.5, 0.6) is 17.2 Å². The van der Waals surface area contributed by atoms with Gasteiger partial charge in [-0.05, 0) is 82.6 Å². The van der Waals surface area contributed by atoms with Crippen molar-refractivity contribution < 1.29 is 39.0 Å². The summed E-state index contributed by atoms with van der Waals surface area (Å²) in [7, 11) is 1.00. The summed E-state index contributed by atoms with van der Waals surface area (Å²) in [5.41, 5.74) is 6.27. The third kappa shape index (κ3) is 11.8. The molecule has 0 amide bonds. The van der Waals surface area contributed by atoms with Crippen molar-refractivity contribution in [3.05, 3.63) is 86.5 Å². The van der Waals surface area contributed by atoms with Gasteiger partial charge in [-0.3, -0.25) is 4.90 Å². The minimum Gasteiger partial charge on any atom is -0.872 e. The second kappa shape index (κ2) is 16.5. The van der Waals surface area contributed by atoms with E-state index in [9.17, 15) is 15.3 Å². The van der Waals surface area contributed by atoms with Crippen molar-refractivity contribution in [2.24, 2.45) is 0 Å². The monoisotopic (exact) mass is 751 g/mol. The third-order valence-electron chi connectivity index (χ3n) is 9.70. The maximum absolute atomic E-state index is 14.3. The summed E-state index contributed by atoms with van der Waals surface area (Å²) in [6, 6.07) is 12.4. The van der Waals surface area contributed by atoms with Crippen LogP contribution < -0.4 is 15.3 Å². The molecular weight excluding hydrogens is 681 g/mol. The molecule has 0 aliphatic carbocycles. The van der Waals surface area contributed by atoms with Gasteiger partial charge in [0, 0.05) is 26.7 Å². The van der Waals surface area contributed by atoms with Crippen LogP contribution in [-0.2, 0) is 70.7 Å². The molecule has 1 N–H and O–H groups in total. The van der Waals surface area contributed by atoms with Gasteiger partial charge in [-0.25, -0.2) is 0 Å². The number of aliphatic hydroxyl groups is 1. The quantitative estimate of drug-likeness (QED) is 0.271. The molecule has 0 fully saturated rings. The van der Waals surface area contributed by atoms with Crippen molar-refractivity contribution in [1.82, 2.24) is 4.90 Å². The van der Waals surface area contributed by atoms with Crippen molar-refractivity contribution >= 4 is 0 Å². The minimum absolute atomic E-state index is 0. The Hall–Kier alpha value is -2.44. The van der Waals surface area contributed by atoms with Crippen LogP contribution in [0.25, 0.3) is 0 Å². The summed E-state index contributed by atoms with van der Waals surface area (Å²) in [6.45, 7) is 39.3. The van der Waals surface area contributed by atoms with Crippen LogP contribution in [0.3, 0.4) is 0 Å². The van der Waals surface area contributed by atoms with Crippen molar-refractivity contribution in [2.45, 2.75) is 177 Å². The van der Waals surface area contributed by atoms with Crippen LogP contribution in [0.1, 0.15) is 175 Å². The Morgan fingerprint density at radius 2 is 0.577 bits per heavy atom. The number of benzene rings is 3. The molecule has 3 aromatic carbocycles. The van der Waals surface area contributed by atoms with Gasteiger partial charge in [0.1, 0.15) is 0 Å². The molecule has 0 unspecified atom stereocenters. The second-order valence-electron chi connectivity index (χ2n) is 20.7. The van der Waals surface area contributed by atoms with Crippen molar-refractivity contribution in [1.29, 1.82) is 0 Å². The molecule has 3 aromatic rings. The smallest absolute Gasteiger partial charge is 0.872 e. The first-order valence-corrected chi connectivity index (χ1v) is 18.5. The number of rotatable bonds is 6. The van der Waals surface area contributed by atoms with Crippen molar-refractivity contribution in [3.8, 4) is 17.2 Å². The summed E-state index contributed by atoms with van der Waals surface area (Å²) >= 11 is 0. The molecule has 287 valence electrons. The van der Waals surface area contributed by atoms with E-state index in [2.05, 4.69) is 166 Å². The number of hydrogen-bond donors (Lipinski definition) is 1. The Bertz CT molecular complexity index is 1470. The van der Waals surface area contributed by atoms with E-state index in [4.69, 9.17) is 5.11 Å². The number of aliphatic hydroxyl groups excluding tert-OH is 1. The summed E-state index contributed by atoms with van der Waals surface area (Å²) in [6.07, 6.45) is 0. The van der Waals surface area contributed by atoms with Gasteiger partial charge in [-0.2, -0.15) is 0 Å². The van der Waals surface area contributed by atoms with Gasteiger partial charge < -0.3 is 20.4 Å². The average molecular weight is 752 g/mol. The Morgan fingerprint density at radius 3 is 0.731 bits per heavy atom. The minimum atomic E-state index is -0.340. The van der Waals surface area contributed by atoms with Gasteiger partial charge >= 0.3 is 18.6 Å². The Morgan fingerprint density at radius 1 is 0.385 bits per heavy atom. The zero-order chi connectivity index (χ0) is 39.9. The molecule has 5 nitrogen and oxygen atoms in total. The van der Waals surface area contributed by atoms with E-state index in [1.807, 2.05) is 0 Å². The van der Waals surface area contributed by atoms with Crippen molar-refractivity contribution in [2.75, 3.05) is 7.11 Å². The standard InChI is InChI=1S/C45H69NO3.CH4O.V/c1-40(2,3)31-19-28(37(47)34(22-31)43(10,11)12)25-46(26-29-20-32(41(4,5)6)23-35(38(29)48)44(13,14)15)27-30-21-33(42(7,8)9)24-36(39(30)49)45(16,17)18;1-2;/h19-24,47-49H,25-27H2,1-18H3;2H,1H3;/q;;+4/p-3. The molecule has 3 rings (SSSR count). The molecule has 0 aliphatic rings. The summed E-state index contributed by atoms with van der Waals surface area (Å²) in [5, 5.41) is 49.8. The Balaban J connectivity index is 0.00000443. The molecule has 0 saturated carbocycles. The molecule has 0 saturated heterocycles. The first-order valence-electron chi connectivity index (χ1n) is 18.5. The summed E-state index contributed by atoms with van der Waals surface area (Å²) < 4.78 is 0. The molecular formula is C46H70NO4V+. The zero-order valence-electron chi connectivity index (χ0n) is 36.2. The molecule has 0 spiro atoms. The van der Waals surface area contributed by atoms with Crippen LogP contribution >= 0.6 is 0 Å². The van der Waals surface area contributed by atoms with E-state index < -0.39 is 0 Å². The normalized spacial score (nSPS) is 13.1. The van der Waals surface area contributed by atoms with Crippen LogP contribution in [0.4, 0.5) is 0 Å². The average Bonchev–Trinajstić information content (AvgIpc) is 2.93. The van der Waals surface area contributed by atoms with Crippen LogP contribution in [0, 0.1) is 0 Å². The van der Waals surface area contributed by atoms with Gasteiger partial charge in [-0.15, -0.1) is 17.2 Å². The van der Waals surface area contributed by atoms with E-state index in [0.29, 0.717) is 36.3 Å². The molecule has 0 aromatic heterocycles. The van der Waals surface area contributed by atoms with Crippen LogP contribution in [0.2, 0.25) is 0 Å². The first kappa shape index (κ1) is 47.6. The maximum atomic E-state index is 14.3. The van der Waals surface area contributed by atoms with Gasteiger partial charge in [0.2, 0.25) is 0 Å². The third-order valence-corrected chi connectivity index (χ3v) is 9.70. The van der Waals surface area contributed by atoms with E-state index >= 15 is 0 Å². The number of nitrogens with zero attached hydrogens (tertiary/aromatic N) is 1. The topological polar surface area (TPSA) is 92.7 Å². The molecule has 52 heavy (non-hydrogen) atoms. The maximum Gasteiger partial charge on any atom is 4.00 e. The molecule has 0 heterocycles. The Labute approximate surface area is 330 Å². The Kier molecular flexibility index (Phi) is 15.1. The first-order chi connectivity index (χ1) is 22.8. The predicted octanol–water partition coefficient (Wildman–Crippen LogP) is 9.50. The van der Waals surface area contributed by atoms with Crippen LogP contribution in [-0.4, -0.2) is 17.1 Å². The molecule has 0 bridgehead atoms. The fourth-order valence-corrected chi connectivity index (χ4v) is 6.28. The second-order valence-corrected chi connectivity index (χ2v) is 20.7. The van der Waals surface area contributed by atoms with Gasteiger partial charge in [0.15, 0.2) is 0 Å². The number of hydrogen-bond acceptors (Lipinski definition) is 5. The zero-order valence-corrected chi connectivity index (χ0v) is 37.5. The largest absolute Gasteiger partial charge is 4.00 e. The fourth-order valence-electron chi connectivity index (χ4n) is 6.28. The summed E-state index contributed by atoms with van der Waals surface area (Å²) in [4.78, 5) is 2.15. The van der Waals surface area contributed by atoms with E-state index in [-0.39, 0.29) is 68.3 Å². The molecule has 0 aliphatic heterocycles. The van der Waals surface area contributed by atoms with Crippen molar-refractivity contribution in [3.63, 3.8) is 0 Å². The van der Waals surface area contributed by atoms with E-state index in [1.54, 1.807) is 0 Å². The van der Waals surface area contributed by atoms with Crippen LogP contribution in [0.15, 0.2) is 36.4 Å².